The lowest BCUT2D eigenvalue weighted by atomic mass is 9.68. The molecule has 2 unspecified atom stereocenters. The smallest absolute Gasteiger partial charge is 0.236 e. The van der Waals surface area contributed by atoms with Gasteiger partial charge in [0.15, 0.2) is 0 Å². The number of alkyl halides is 6. The molecule has 0 amide bonds. The molecule has 2 atom stereocenters. The zero-order chi connectivity index (χ0) is 13.1. The van der Waals surface area contributed by atoms with Crippen molar-refractivity contribution in [1.29, 1.82) is 0 Å². The summed E-state index contributed by atoms with van der Waals surface area (Å²) in [5.74, 6) is -10.0. The first-order valence-corrected chi connectivity index (χ1v) is 5.29. The van der Waals surface area contributed by atoms with Crippen LogP contribution in [0.4, 0.5) is 26.3 Å². The Hall–Kier alpha value is -0.720. The molecule has 17 heavy (non-hydrogen) atoms. The molecular weight excluding hydrogens is 314 g/mol. The summed E-state index contributed by atoms with van der Waals surface area (Å²) in [6.07, 6.45) is -3.55. The largest absolute Gasteiger partial charge is 0.353 e. The summed E-state index contributed by atoms with van der Waals surface area (Å²) in [7, 11) is 0. The van der Waals surface area contributed by atoms with Gasteiger partial charge in [-0.05, 0) is 17.7 Å². The fourth-order valence-electron chi connectivity index (χ4n) is 1.75. The van der Waals surface area contributed by atoms with Gasteiger partial charge in [-0.1, -0.05) is 28.1 Å². The molecule has 2 rings (SSSR count). The van der Waals surface area contributed by atoms with E-state index in [1.54, 1.807) is 0 Å². The highest BCUT2D eigenvalue weighted by molar-refractivity contribution is 9.10. The maximum atomic E-state index is 13.8. The fourth-order valence-corrected chi connectivity index (χ4v) is 2.02. The van der Waals surface area contributed by atoms with Crippen molar-refractivity contribution in [2.75, 3.05) is 0 Å². The maximum Gasteiger partial charge on any atom is 0.353 e. The Morgan fingerprint density at radius 2 is 1.41 bits per heavy atom. The van der Waals surface area contributed by atoms with E-state index in [0.29, 0.717) is 4.47 Å². The quantitative estimate of drug-likeness (QED) is 0.680. The minimum atomic E-state index is -5.05. The first-order chi connectivity index (χ1) is 7.65. The van der Waals surface area contributed by atoms with E-state index in [1.165, 1.54) is 12.1 Å². The topological polar surface area (TPSA) is 0 Å². The molecule has 7 heteroatoms. The first-order valence-electron chi connectivity index (χ1n) is 4.50. The van der Waals surface area contributed by atoms with Crippen LogP contribution in [0, 0.1) is 0 Å². The second kappa shape index (κ2) is 3.40. The maximum absolute atomic E-state index is 13.8. The highest BCUT2D eigenvalue weighted by atomic mass is 79.9. The predicted octanol–water partition coefficient (Wildman–Crippen LogP) is 4.24. The normalized spacial score (nSPS) is 34.2. The molecule has 0 spiro atoms. The van der Waals surface area contributed by atoms with E-state index in [-0.39, 0.29) is 0 Å². The van der Waals surface area contributed by atoms with Crippen LogP contribution >= 0.6 is 15.9 Å². The molecular formula is C10H5BrF6. The van der Waals surface area contributed by atoms with Crippen molar-refractivity contribution < 1.29 is 26.3 Å². The van der Waals surface area contributed by atoms with Crippen molar-refractivity contribution in [2.45, 2.75) is 23.7 Å². The third-order valence-corrected chi connectivity index (χ3v) is 3.34. The summed E-state index contributed by atoms with van der Waals surface area (Å²) >= 11 is 2.97. The highest BCUT2D eigenvalue weighted by Crippen LogP contribution is 2.66. The van der Waals surface area contributed by atoms with Crippen molar-refractivity contribution in [1.82, 2.24) is 0 Å². The molecule has 0 aliphatic heterocycles. The van der Waals surface area contributed by atoms with Crippen molar-refractivity contribution in [2.24, 2.45) is 0 Å². The second-order valence-corrected chi connectivity index (χ2v) is 4.69. The molecule has 0 N–H and O–H groups in total. The molecule has 1 aliphatic carbocycles. The van der Waals surface area contributed by atoms with Crippen LogP contribution in [0.3, 0.4) is 0 Å². The third-order valence-electron chi connectivity index (χ3n) is 2.81. The number of rotatable bonds is 1. The number of hydrogen-bond donors (Lipinski definition) is 0. The molecule has 0 radical (unpaired) electrons. The van der Waals surface area contributed by atoms with Gasteiger partial charge in [-0.2, -0.15) is 17.6 Å². The summed E-state index contributed by atoms with van der Waals surface area (Å²) in [5, 5.41) is 0. The van der Waals surface area contributed by atoms with Crippen LogP contribution in [0.2, 0.25) is 0 Å². The molecule has 0 bridgehead atoms. The zero-order valence-electron chi connectivity index (χ0n) is 8.03. The van der Waals surface area contributed by atoms with Crippen LogP contribution in [0.1, 0.15) is 5.56 Å². The van der Waals surface area contributed by atoms with Gasteiger partial charge in [-0.3, -0.25) is 0 Å². The SMILES string of the molecule is FC1C(F)(F)C(F)(F)C1(F)c1ccc(Br)cc1. The lowest BCUT2D eigenvalue weighted by Crippen LogP contribution is -2.76. The molecule has 1 saturated carbocycles. The van der Waals surface area contributed by atoms with Crippen LogP contribution in [0.5, 0.6) is 0 Å². The second-order valence-electron chi connectivity index (χ2n) is 3.78. The molecule has 0 nitrogen and oxygen atoms in total. The molecule has 1 aromatic carbocycles. The number of benzene rings is 1. The summed E-state index contributed by atoms with van der Waals surface area (Å²) in [6.45, 7) is 0. The van der Waals surface area contributed by atoms with Crippen molar-refractivity contribution >= 4 is 15.9 Å². The van der Waals surface area contributed by atoms with E-state index in [2.05, 4.69) is 15.9 Å². The van der Waals surface area contributed by atoms with E-state index in [1.807, 2.05) is 0 Å². The summed E-state index contributed by atoms with van der Waals surface area (Å²) in [5.41, 5.74) is -4.78. The predicted molar refractivity (Wildman–Crippen MR) is 51.7 cm³/mol. The Bertz CT molecular complexity index is 443. The Morgan fingerprint density at radius 1 is 0.941 bits per heavy atom. The van der Waals surface area contributed by atoms with Gasteiger partial charge in [-0.15, -0.1) is 0 Å². The number of hydrogen-bond acceptors (Lipinski definition) is 0. The lowest BCUT2D eigenvalue weighted by Gasteiger charge is -2.51. The summed E-state index contributed by atoms with van der Waals surface area (Å²) in [6, 6.07) is 4.05. The molecule has 1 aromatic rings. The van der Waals surface area contributed by atoms with E-state index in [4.69, 9.17) is 0 Å². The van der Waals surface area contributed by atoms with Crippen molar-refractivity contribution in [3.05, 3.63) is 34.3 Å². The first kappa shape index (κ1) is 12.7. The van der Waals surface area contributed by atoms with Gasteiger partial charge < -0.3 is 0 Å². The monoisotopic (exact) mass is 318 g/mol. The van der Waals surface area contributed by atoms with Crippen LogP contribution < -0.4 is 0 Å². The zero-order valence-corrected chi connectivity index (χ0v) is 9.62. The molecule has 94 valence electrons. The van der Waals surface area contributed by atoms with E-state index in [0.717, 1.165) is 12.1 Å². The minimum absolute atomic E-state index is 0.439. The summed E-state index contributed by atoms with van der Waals surface area (Å²) in [4.78, 5) is 0. The Labute approximate surface area is 101 Å². The Balaban J connectivity index is 2.48. The van der Waals surface area contributed by atoms with E-state index < -0.39 is 29.2 Å². The average molecular weight is 319 g/mol. The average Bonchev–Trinajstić information content (AvgIpc) is 2.27. The standard InChI is InChI=1S/C10H5BrF6/c11-6-3-1-5(2-4-6)8(13)7(12)9(14,15)10(8,16)17/h1-4,7H. The van der Waals surface area contributed by atoms with Gasteiger partial charge in [0, 0.05) is 4.47 Å². The van der Waals surface area contributed by atoms with Crippen LogP contribution in [0.15, 0.2) is 28.7 Å². The van der Waals surface area contributed by atoms with Gasteiger partial charge in [-0.25, -0.2) is 8.78 Å². The third kappa shape index (κ3) is 1.31. The van der Waals surface area contributed by atoms with Gasteiger partial charge in [0.25, 0.3) is 0 Å². The van der Waals surface area contributed by atoms with Crippen molar-refractivity contribution in [3.63, 3.8) is 0 Å². The van der Waals surface area contributed by atoms with Gasteiger partial charge >= 0.3 is 11.8 Å². The van der Waals surface area contributed by atoms with Crippen LogP contribution in [0.25, 0.3) is 0 Å². The van der Waals surface area contributed by atoms with Gasteiger partial charge in [0.2, 0.25) is 11.8 Å². The highest BCUT2D eigenvalue weighted by Gasteiger charge is 2.90. The molecule has 0 heterocycles. The van der Waals surface area contributed by atoms with Crippen LogP contribution in [-0.2, 0) is 5.67 Å². The van der Waals surface area contributed by atoms with Crippen molar-refractivity contribution in [3.8, 4) is 0 Å². The molecule has 1 aliphatic rings. The minimum Gasteiger partial charge on any atom is -0.236 e. The number of halogens is 7. The molecule has 1 fully saturated rings. The van der Waals surface area contributed by atoms with E-state index in [9.17, 15) is 26.3 Å². The van der Waals surface area contributed by atoms with E-state index >= 15 is 0 Å². The van der Waals surface area contributed by atoms with Crippen LogP contribution in [-0.4, -0.2) is 18.0 Å². The van der Waals surface area contributed by atoms with Gasteiger partial charge in [0.05, 0.1) is 0 Å². The summed E-state index contributed by atoms with van der Waals surface area (Å²) < 4.78 is 78.5. The Morgan fingerprint density at radius 3 is 1.82 bits per heavy atom. The lowest BCUT2D eigenvalue weighted by molar-refractivity contribution is -0.401. The molecule has 0 aromatic heterocycles. The van der Waals surface area contributed by atoms with Gasteiger partial charge in [0.1, 0.15) is 0 Å². The molecule has 0 saturated heterocycles. The fraction of sp³-hybridized carbons (Fsp3) is 0.400. The Kier molecular flexibility index (Phi) is 2.54.